The highest BCUT2D eigenvalue weighted by Crippen LogP contribution is 2.24. The van der Waals surface area contributed by atoms with Crippen LogP contribution in [0.1, 0.15) is 121 Å². The molecule has 0 bridgehead atoms. The van der Waals surface area contributed by atoms with Gasteiger partial charge in [-0.2, -0.15) is 11.8 Å². The molecule has 0 unspecified atom stereocenters. The fraction of sp³-hybridized carbons (Fsp3) is 0.587. The molecule has 524 valence electrons. The monoisotopic (exact) mass is 1350 g/mol. The van der Waals surface area contributed by atoms with Gasteiger partial charge in [0.1, 0.15) is 54.4 Å². The van der Waals surface area contributed by atoms with Crippen molar-refractivity contribution in [2.75, 3.05) is 44.7 Å². The first-order valence-electron chi connectivity index (χ1n) is 32.2. The SMILES string of the molecule is CSCC[C@H](NC(=O)[C@H](CC(C)C)NC(=O)CNC(=O)[C@H](Cc1ccccc1)NC(=O)[C@@H](Cc1ccccc1)NC(=O)[C@@H](CCC(N)=O)NC(=O)[C@@H](CCC(N)=O)NC(=O)[C@H]1CCCN1C(=O)[C@H](CCCCN)NC(=O)[C@@H]1CCCN1C(=O)[C@@H](N)CCCN=C(N)N)C(N)=O. The number of nitrogens with one attached hydrogen (secondary N) is 8. The fourth-order valence-electron chi connectivity index (χ4n) is 11.0. The minimum absolute atomic E-state index is 0.0736. The molecule has 2 aromatic carbocycles. The van der Waals surface area contributed by atoms with Crippen LogP contribution in [0, 0.1) is 5.92 Å². The average molecular weight is 1350 g/mol. The Hall–Kier alpha value is -8.91. The van der Waals surface area contributed by atoms with Crippen molar-refractivity contribution in [2.24, 2.45) is 51.0 Å². The van der Waals surface area contributed by atoms with E-state index in [9.17, 15) is 62.3 Å². The molecule has 2 fully saturated rings. The third-order valence-corrected chi connectivity index (χ3v) is 16.7. The lowest BCUT2D eigenvalue weighted by molar-refractivity contribution is -0.144. The molecule has 95 heavy (non-hydrogen) atoms. The lowest BCUT2D eigenvalue weighted by Crippen LogP contribution is -2.60. The van der Waals surface area contributed by atoms with Crippen LogP contribution in [0.25, 0.3) is 0 Å². The maximum atomic E-state index is 14.7. The molecule has 22 N–H and O–H groups in total. The van der Waals surface area contributed by atoms with Crippen LogP contribution in [0.15, 0.2) is 65.7 Å². The number of nitrogens with two attached hydrogens (primary N) is 7. The highest BCUT2D eigenvalue weighted by Gasteiger charge is 2.42. The first-order chi connectivity index (χ1) is 45.2. The molecule has 0 aliphatic carbocycles. The van der Waals surface area contributed by atoms with E-state index in [0.29, 0.717) is 55.4 Å². The van der Waals surface area contributed by atoms with Crippen molar-refractivity contribution in [2.45, 2.75) is 183 Å². The number of likely N-dealkylation sites (tertiary alicyclic amines) is 2. The minimum Gasteiger partial charge on any atom is -0.370 e. The number of amides is 13. The smallest absolute Gasteiger partial charge is 0.245 e. The number of carbonyl (C=O) groups is 13. The zero-order chi connectivity index (χ0) is 70.1. The standard InChI is InChI=1S/C63H98N18O13S/c1-37(2)33-45(57(89)74-41(53(68)85)27-32-95-3)73-52(84)36-72-54(86)46(34-38-15-6-4-7-16-38)78-58(90)47(35-39-17-8-5-9-18-39)79-56(88)42(23-25-50(66)82)75-55(87)43(24-26-51(67)83)76-59(91)49-22-14-31-81(49)62(94)44(20-10-11-28-64)77-60(92)48-21-13-30-80(48)61(93)40(65)19-12-29-71-63(69)70/h4-9,15-18,37,40-49H,10-14,19-36,64-65H2,1-3H3,(H2,66,82)(H2,67,83)(H2,68,85)(H,72,86)(H,73,84)(H,74,89)(H,75,87)(H,76,91)(H,77,92)(H,78,90)(H,79,88)(H4,69,70,71)/t40-,41-,42+,43+,44-,45-,46-,47+,48-,49+/m0/s1. The summed E-state index contributed by atoms with van der Waals surface area (Å²) in [6.45, 7) is 3.86. The Morgan fingerprint density at radius 2 is 1.01 bits per heavy atom. The molecule has 0 saturated carbocycles. The van der Waals surface area contributed by atoms with Crippen LogP contribution in [0.5, 0.6) is 0 Å². The molecule has 0 aromatic heterocycles. The topological polar surface area (TPSA) is 519 Å². The van der Waals surface area contributed by atoms with Crippen molar-refractivity contribution in [3.8, 4) is 0 Å². The number of primary amides is 3. The second-order valence-electron chi connectivity index (χ2n) is 24.1. The second-order valence-corrected chi connectivity index (χ2v) is 25.1. The van der Waals surface area contributed by atoms with Gasteiger partial charge in [0.15, 0.2) is 5.96 Å². The highest BCUT2D eigenvalue weighted by molar-refractivity contribution is 7.98. The van der Waals surface area contributed by atoms with Gasteiger partial charge in [-0.25, -0.2) is 0 Å². The molecule has 2 aromatic rings. The number of hydrogen-bond donors (Lipinski definition) is 15. The number of benzene rings is 2. The van der Waals surface area contributed by atoms with E-state index in [4.69, 9.17) is 40.1 Å². The fourth-order valence-corrected chi connectivity index (χ4v) is 11.5. The summed E-state index contributed by atoms with van der Waals surface area (Å²) in [6.07, 6.45) is 3.12. The van der Waals surface area contributed by atoms with Crippen LogP contribution < -0.4 is 82.7 Å². The number of nitrogens with zero attached hydrogens (tertiary/aromatic N) is 3. The molecule has 2 saturated heterocycles. The zero-order valence-corrected chi connectivity index (χ0v) is 55.3. The molecule has 4 rings (SSSR count). The van der Waals surface area contributed by atoms with E-state index in [-0.39, 0.29) is 83.0 Å². The van der Waals surface area contributed by atoms with Crippen LogP contribution in [0.2, 0.25) is 0 Å². The second kappa shape index (κ2) is 41.0. The number of unbranched alkanes of at least 4 members (excludes halogenated alkanes) is 1. The molecule has 0 radical (unpaired) electrons. The third-order valence-electron chi connectivity index (χ3n) is 16.0. The van der Waals surface area contributed by atoms with E-state index in [1.165, 1.54) is 21.6 Å². The van der Waals surface area contributed by atoms with Crippen LogP contribution >= 0.6 is 11.8 Å². The molecular formula is C63H98N18O13S. The van der Waals surface area contributed by atoms with E-state index in [1.807, 2.05) is 20.1 Å². The zero-order valence-electron chi connectivity index (χ0n) is 54.5. The van der Waals surface area contributed by atoms with Crippen molar-refractivity contribution < 1.29 is 62.3 Å². The van der Waals surface area contributed by atoms with Crippen LogP contribution in [-0.4, -0.2) is 198 Å². The molecule has 13 amide bonds. The lowest BCUT2D eigenvalue weighted by Gasteiger charge is -2.32. The van der Waals surface area contributed by atoms with E-state index < -0.39 is 169 Å². The van der Waals surface area contributed by atoms with Crippen LogP contribution in [0.3, 0.4) is 0 Å². The van der Waals surface area contributed by atoms with E-state index in [2.05, 4.69) is 47.5 Å². The van der Waals surface area contributed by atoms with Gasteiger partial charge in [-0.3, -0.25) is 67.3 Å². The van der Waals surface area contributed by atoms with Crippen molar-refractivity contribution in [1.82, 2.24) is 52.3 Å². The van der Waals surface area contributed by atoms with Gasteiger partial charge in [-0.05, 0) is 119 Å². The maximum absolute atomic E-state index is 14.7. The predicted octanol–water partition coefficient (Wildman–Crippen LogP) is -3.71. The molecule has 2 aliphatic rings. The summed E-state index contributed by atoms with van der Waals surface area (Å²) >= 11 is 1.45. The summed E-state index contributed by atoms with van der Waals surface area (Å²) in [4.78, 5) is 185. The van der Waals surface area contributed by atoms with Crippen molar-refractivity contribution >= 4 is 94.5 Å². The first-order valence-corrected chi connectivity index (χ1v) is 33.6. The summed E-state index contributed by atoms with van der Waals surface area (Å²) in [6, 6.07) is 4.51. The van der Waals surface area contributed by atoms with Crippen molar-refractivity contribution in [3.63, 3.8) is 0 Å². The molecular weight excluding hydrogens is 1250 g/mol. The quantitative estimate of drug-likeness (QED) is 0.0173. The number of aliphatic imine (C=N–C) groups is 1. The predicted molar refractivity (Wildman–Crippen MR) is 356 cm³/mol. The highest BCUT2D eigenvalue weighted by atomic mass is 32.2. The minimum atomic E-state index is -1.64. The molecule has 0 spiro atoms. The Bertz CT molecular complexity index is 2960. The number of guanidine groups is 1. The molecule has 32 heteroatoms. The van der Waals surface area contributed by atoms with Crippen molar-refractivity contribution in [3.05, 3.63) is 71.8 Å². The normalized spacial score (nSPS) is 16.8. The summed E-state index contributed by atoms with van der Waals surface area (Å²) in [5.41, 5.74) is 40.6. The molecule has 2 heterocycles. The van der Waals surface area contributed by atoms with Gasteiger partial charge in [0.25, 0.3) is 0 Å². The number of thioether (sulfide) groups is 1. The largest absolute Gasteiger partial charge is 0.370 e. The van der Waals surface area contributed by atoms with Crippen LogP contribution in [0.4, 0.5) is 0 Å². The lowest BCUT2D eigenvalue weighted by atomic mass is 10.0. The summed E-state index contributed by atoms with van der Waals surface area (Å²) in [5, 5.41) is 21.1. The Morgan fingerprint density at radius 3 is 1.51 bits per heavy atom. The van der Waals surface area contributed by atoms with Gasteiger partial charge < -0.3 is 92.5 Å². The van der Waals surface area contributed by atoms with Crippen LogP contribution in [-0.2, 0) is 75.2 Å². The van der Waals surface area contributed by atoms with Gasteiger partial charge in [-0.15, -0.1) is 0 Å². The van der Waals surface area contributed by atoms with Crippen molar-refractivity contribution in [1.29, 1.82) is 0 Å². The average Bonchev–Trinajstić information content (AvgIpc) is 1.74. The summed E-state index contributed by atoms with van der Waals surface area (Å²) in [5.74, 6) is -9.80. The van der Waals surface area contributed by atoms with Gasteiger partial charge in [0, 0.05) is 45.3 Å². The Kier molecular flexibility index (Phi) is 33.9. The van der Waals surface area contributed by atoms with E-state index in [0.717, 1.165) is 0 Å². The Morgan fingerprint density at radius 1 is 0.537 bits per heavy atom. The first kappa shape index (κ1) is 78.5. The summed E-state index contributed by atoms with van der Waals surface area (Å²) in [7, 11) is 0. The Balaban J connectivity index is 1.56. The van der Waals surface area contributed by atoms with E-state index >= 15 is 0 Å². The molecule has 31 nitrogen and oxygen atoms in total. The third kappa shape index (κ3) is 27.5. The number of hydrogen-bond acceptors (Lipinski definition) is 17. The number of carbonyl (C=O) groups excluding carboxylic acids is 13. The summed E-state index contributed by atoms with van der Waals surface area (Å²) < 4.78 is 0. The van der Waals surface area contributed by atoms with Gasteiger partial charge in [0.05, 0.1) is 12.6 Å². The maximum Gasteiger partial charge on any atom is 0.245 e. The van der Waals surface area contributed by atoms with Gasteiger partial charge in [-0.1, -0.05) is 74.5 Å². The van der Waals surface area contributed by atoms with E-state index in [1.54, 1.807) is 60.7 Å². The Labute approximate surface area is 558 Å². The van der Waals surface area contributed by atoms with Gasteiger partial charge in [0.2, 0.25) is 76.8 Å². The number of rotatable bonds is 42. The molecule has 10 atom stereocenters. The van der Waals surface area contributed by atoms with Gasteiger partial charge >= 0.3 is 0 Å². The molecule has 2 aliphatic heterocycles.